The van der Waals surface area contributed by atoms with Gasteiger partial charge in [-0.2, -0.15) is 0 Å². The zero-order valence-corrected chi connectivity index (χ0v) is 9.60. The van der Waals surface area contributed by atoms with Crippen molar-refractivity contribution in [3.05, 3.63) is 34.9 Å². The Bertz CT molecular complexity index is 462. The minimum absolute atomic E-state index is 0.0788. The molecule has 90 valence electrons. The van der Waals surface area contributed by atoms with Crippen LogP contribution in [0, 0.1) is 0 Å². The molecule has 0 spiro atoms. The molecule has 0 radical (unpaired) electrons. The quantitative estimate of drug-likeness (QED) is 0.788. The summed E-state index contributed by atoms with van der Waals surface area (Å²) < 4.78 is 10.3. The van der Waals surface area contributed by atoms with Gasteiger partial charge in [0.05, 0.1) is 20.3 Å². The van der Waals surface area contributed by atoms with Gasteiger partial charge in [-0.05, 0) is 6.08 Å². The molecule has 0 amide bonds. The predicted octanol–water partition coefficient (Wildman–Crippen LogP) is 1.52. The number of ether oxygens (including phenoxy) is 2. The van der Waals surface area contributed by atoms with E-state index in [-0.39, 0.29) is 12.6 Å². The maximum Gasteiger partial charge on any atom is 0.333 e. The molecule has 0 saturated carbocycles. The van der Waals surface area contributed by atoms with Crippen molar-refractivity contribution >= 4 is 12.0 Å². The van der Waals surface area contributed by atoms with Gasteiger partial charge >= 0.3 is 5.97 Å². The molecule has 0 atom stereocenters. The van der Waals surface area contributed by atoms with Crippen molar-refractivity contribution in [2.24, 2.45) is 0 Å². The molecule has 4 heteroatoms. The monoisotopic (exact) mass is 234 g/mol. The van der Waals surface area contributed by atoms with Crippen LogP contribution in [0.3, 0.4) is 0 Å². The molecule has 1 heterocycles. The lowest BCUT2D eigenvalue weighted by molar-refractivity contribution is -0.136. The number of benzene rings is 1. The molecule has 1 aliphatic rings. The normalized spacial score (nSPS) is 14.1. The van der Waals surface area contributed by atoms with Gasteiger partial charge in [0.25, 0.3) is 0 Å². The van der Waals surface area contributed by atoms with Crippen LogP contribution in [0.25, 0.3) is 6.08 Å². The number of hydrogen-bond acceptors (Lipinski definition) is 4. The summed E-state index contributed by atoms with van der Waals surface area (Å²) in [5.74, 6) is 0.310. The molecule has 0 bridgehead atoms. The molecule has 4 nitrogen and oxygen atoms in total. The fourth-order valence-corrected chi connectivity index (χ4v) is 1.83. The van der Waals surface area contributed by atoms with Crippen LogP contribution in [-0.2, 0) is 16.1 Å². The third-order valence-corrected chi connectivity index (χ3v) is 2.69. The highest BCUT2D eigenvalue weighted by atomic mass is 16.5. The van der Waals surface area contributed by atoms with Crippen LogP contribution in [-0.4, -0.2) is 24.8 Å². The standard InChI is InChI=1S/C13H14O4/c1-16-13(15)10-5-6-17-12-9(7-10)3-2-4-11(12)8-14/h2-4,7,14H,5-6,8H2,1H3. The van der Waals surface area contributed by atoms with Gasteiger partial charge in [-0.3, -0.25) is 0 Å². The summed E-state index contributed by atoms with van der Waals surface area (Å²) in [4.78, 5) is 11.5. The summed E-state index contributed by atoms with van der Waals surface area (Å²) in [6.45, 7) is 0.329. The number of para-hydroxylation sites is 1. The third kappa shape index (κ3) is 2.31. The number of esters is 1. The van der Waals surface area contributed by atoms with Crippen LogP contribution in [0.15, 0.2) is 23.8 Å². The fourth-order valence-electron chi connectivity index (χ4n) is 1.83. The van der Waals surface area contributed by atoms with E-state index < -0.39 is 0 Å². The smallest absolute Gasteiger partial charge is 0.333 e. The molecule has 1 aromatic carbocycles. The summed E-state index contributed by atoms with van der Waals surface area (Å²) in [5, 5.41) is 9.21. The second kappa shape index (κ2) is 5.01. The van der Waals surface area contributed by atoms with Gasteiger partial charge in [-0.25, -0.2) is 4.79 Å². The summed E-state index contributed by atoms with van der Waals surface area (Å²) in [6, 6.07) is 5.48. The van der Waals surface area contributed by atoms with Crippen LogP contribution in [0.1, 0.15) is 17.5 Å². The summed E-state index contributed by atoms with van der Waals surface area (Å²) in [7, 11) is 1.36. The highest BCUT2D eigenvalue weighted by Gasteiger charge is 2.17. The van der Waals surface area contributed by atoms with E-state index in [9.17, 15) is 9.90 Å². The minimum Gasteiger partial charge on any atom is -0.492 e. The molecular formula is C13H14O4. The topological polar surface area (TPSA) is 55.8 Å². The molecule has 1 N–H and O–H groups in total. The van der Waals surface area contributed by atoms with Gasteiger partial charge in [-0.1, -0.05) is 18.2 Å². The summed E-state index contributed by atoms with van der Waals surface area (Å²) >= 11 is 0. The number of hydrogen-bond donors (Lipinski definition) is 1. The van der Waals surface area contributed by atoms with Crippen LogP contribution in [0.2, 0.25) is 0 Å². The van der Waals surface area contributed by atoms with Gasteiger partial charge in [-0.15, -0.1) is 0 Å². The zero-order chi connectivity index (χ0) is 12.3. The van der Waals surface area contributed by atoms with Gasteiger partial charge in [0.15, 0.2) is 0 Å². The van der Waals surface area contributed by atoms with E-state index in [0.29, 0.717) is 24.4 Å². The van der Waals surface area contributed by atoms with Crippen LogP contribution in [0.5, 0.6) is 5.75 Å². The Balaban J connectivity index is 2.44. The number of aliphatic hydroxyl groups is 1. The predicted molar refractivity (Wildman–Crippen MR) is 62.5 cm³/mol. The van der Waals surface area contributed by atoms with E-state index in [4.69, 9.17) is 9.47 Å². The van der Waals surface area contributed by atoms with Crippen molar-refractivity contribution < 1.29 is 19.4 Å². The first kappa shape index (κ1) is 11.7. The van der Waals surface area contributed by atoms with Crippen molar-refractivity contribution in [3.8, 4) is 5.75 Å². The van der Waals surface area contributed by atoms with Gasteiger partial charge in [0.1, 0.15) is 5.75 Å². The lowest BCUT2D eigenvalue weighted by atomic mass is 10.1. The number of carbonyl (C=O) groups excluding carboxylic acids is 1. The zero-order valence-electron chi connectivity index (χ0n) is 9.60. The molecule has 0 aromatic heterocycles. The average Bonchev–Trinajstić information content (AvgIpc) is 2.59. The lowest BCUT2D eigenvalue weighted by Gasteiger charge is -2.09. The molecule has 17 heavy (non-hydrogen) atoms. The Hall–Kier alpha value is -1.81. The molecule has 1 aliphatic heterocycles. The van der Waals surface area contributed by atoms with E-state index >= 15 is 0 Å². The highest BCUT2D eigenvalue weighted by molar-refractivity contribution is 5.94. The summed E-state index contributed by atoms with van der Waals surface area (Å²) in [5.41, 5.74) is 2.11. The van der Waals surface area contributed by atoms with E-state index in [1.807, 2.05) is 12.1 Å². The van der Waals surface area contributed by atoms with E-state index in [0.717, 1.165) is 11.1 Å². The van der Waals surface area contributed by atoms with Gasteiger partial charge in [0, 0.05) is 23.1 Å². The second-order valence-corrected chi connectivity index (χ2v) is 3.75. The van der Waals surface area contributed by atoms with E-state index in [1.54, 1.807) is 12.1 Å². The molecule has 0 saturated heterocycles. The minimum atomic E-state index is -0.337. The Morgan fingerprint density at radius 1 is 1.53 bits per heavy atom. The second-order valence-electron chi connectivity index (χ2n) is 3.75. The first-order chi connectivity index (χ1) is 8.26. The van der Waals surface area contributed by atoms with Gasteiger partial charge < -0.3 is 14.6 Å². The third-order valence-electron chi connectivity index (χ3n) is 2.69. The van der Waals surface area contributed by atoms with Crippen LogP contribution in [0.4, 0.5) is 0 Å². The van der Waals surface area contributed by atoms with Crippen molar-refractivity contribution in [3.63, 3.8) is 0 Å². The maximum atomic E-state index is 11.5. The van der Waals surface area contributed by atoms with Crippen molar-refractivity contribution in [2.75, 3.05) is 13.7 Å². The van der Waals surface area contributed by atoms with Crippen molar-refractivity contribution in [1.82, 2.24) is 0 Å². The maximum absolute atomic E-state index is 11.5. The molecule has 2 rings (SSSR count). The van der Waals surface area contributed by atoms with Gasteiger partial charge in [0.2, 0.25) is 0 Å². The molecule has 0 fully saturated rings. The van der Waals surface area contributed by atoms with Crippen molar-refractivity contribution in [2.45, 2.75) is 13.0 Å². The van der Waals surface area contributed by atoms with E-state index in [1.165, 1.54) is 7.11 Å². The first-order valence-corrected chi connectivity index (χ1v) is 5.40. The largest absolute Gasteiger partial charge is 0.492 e. The number of aliphatic hydroxyl groups excluding tert-OH is 1. The highest BCUT2D eigenvalue weighted by Crippen LogP contribution is 2.29. The average molecular weight is 234 g/mol. The van der Waals surface area contributed by atoms with Crippen molar-refractivity contribution in [1.29, 1.82) is 0 Å². The number of fused-ring (bicyclic) bond motifs is 1. The Kier molecular flexibility index (Phi) is 3.44. The van der Waals surface area contributed by atoms with E-state index in [2.05, 4.69) is 0 Å². The fraction of sp³-hybridized carbons (Fsp3) is 0.308. The lowest BCUT2D eigenvalue weighted by Crippen LogP contribution is -2.07. The summed E-state index contributed by atoms with van der Waals surface area (Å²) in [6.07, 6.45) is 2.26. The Morgan fingerprint density at radius 3 is 3.06 bits per heavy atom. The SMILES string of the molecule is COC(=O)C1=Cc2cccc(CO)c2OCC1. The first-order valence-electron chi connectivity index (χ1n) is 5.40. The Morgan fingerprint density at radius 2 is 2.35 bits per heavy atom. The number of rotatable bonds is 2. The van der Waals surface area contributed by atoms with Crippen LogP contribution >= 0.6 is 0 Å². The Labute approximate surface area is 99.5 Å². The number of methoxy groups -OCH3 is 1. The van der Waals surface area contributed by atoms with Crippen LogP contribution < -0.4 is 4.74 Å². The number of carbonyl (C=O) groups is 1. The molecule has 1 aromatic rings. The molecular weight excluding hydrogens is 220 g/mol. The molecule has 0 unspecified atom stereocenters. The molecule has 0 aliphatic carbocycles.